The summed E-state index contributed by atoms with van der Waals surface area (Å²) in [7, 11) is 6.00. The number of nitrogens with one attached hydrogen (secondary N) is 1. The Kier molecular flexibility index (Phi) is 2.90. The van der Waals surface area contributed by atoms with E-state index in [0.717, 1.165) is 25.0 Å². The first-order valence-electron chi connectivity index (χ1n) is 5.70. The molecule has 0 aromatic rings. The summed E-state index contributed by atoms with van der Waals surface area (Å²) in [5.74, 6) is 0.353. The molecule has 1 aliphatic carbocycles. The van der Waals surface area contributed by atoms with E-state index in [2.05, 4.69) is 5.43 Å². The normalized spacial score (nSPS) is 23.3. The second-order valence-corrected chi connectivity index (χ2v) is 4.67. The molecule has 0 saturated heterocycles. The van der Waals surface area contributed by atoms with E-state index in [9.17, 15) is 4.79 Å². The van der Waals surface area contributed by atoms with Gasteiger partial charge in [0.05, 0.1) is 5.70 Å². The van der Waals surface area contributed by atoms with Gasteiger partial charge in [0.15, 0.2) is 0 Å². The number of hydrogen-bond acceptors (Lipinski definition) is 4. The molecule has 2 rings (SSSR count). The fourth-order valence-corrected chi connectivity index (χ4v) is 2.29. The first-order chi connectivity index (χ1) is 7.58. The van der Waals surface area contributed by atoms with E-state index in [1.54, 1.807) is 0 Å². The number of hydrogen-bond donors (Lipinski definition) is 1. The SMILES string of the molecule is CN(C)C=C1NN(C)C2=C1CC(=O)CCC2. The van der Waals surface area contributed by atoms with Gasteiger partial charge in [-0.3, -0.25) is 15.2 Å². The van der Waals surface area contributed by atoms with Gasteiger partial charge in [-0.25, -0.2) is 0 Å². The second kappa shape index (κ2) is 4.20. The molecule has 1 aliphatic heterocycles. The van der Waals surface area contributed by atoms with Crippen molar-refractivity contribution in [1.82, 2.24) is 15.3 Å². The molecule has 0 amide bonds. The maximum atomic E-state index is 11.6. The average molecular weight is 221 g/mol. The lowest BCUT2D eigenvalue weighted by Crippen LogP contribution is -2.27. The smallest absolute Gasteiger partial charge is 0.137 e. The molecule has 88 valence electrons. The number of rotatable bonds is 1. The molecule has 0 aromatic carbocycles. The number of Topliss-reactive ketones (excluding diaryl/α,β-unsaturated/α-hetero) is 1. The molecule has 0 spiro atoms. The standard InChI is InChI=1S/C12H19N3O/c1-14(2)8-11-10-7-9(16)5-4-6-12(10)15(3)13-11/h8,13H,4-7H2,1-3H3. The minimum atomic E-state index is 0.353. The van der Waals surface area contributed by atoms with Crippen molar-refractivity contribution in [2.45, 2.75) is 25.7 Å². The van der Waals surface area contributed by atoms with Crippen LogP contribution in [-0.4, -0.2) is 36.8 Å². The molecule has 0 unspecified atom stereocenters. The Bertz CT molecular complexity index is 368. The summed E-state index contributed by atoms with van der Waals surface area (Å²) < 4.78 is 0. The van der Waals surface area contributed by atoms with Crippen molar-refractivity contribution in [3.8, 4) is 0 Å². The summed E-state index contributed by atoms with van der Waals surface area (Å²) in [6.07, 6.45) is 5.30. The lowest BCUT2D eigenvalue weighted by molar-refractivity contribution is -0.118. The van der Waals surface area contributed by atoms with Crippen LogP contribution in [0.15, 0.2) is 23.2 Å². The molecule has 0 aromatic heterocycles. The highest BCUT2D eigenvalue weighted by Gasteiger charge is 2.27. The van der Waals surface area contributed by atoms with Crippen LogP contribution in [0.4, 0.5) is 0 Å². The summed E-state index contributed by atoms with van der Waals surface area (Å²) >= 11 is 0. The summed E-state index contributed by atoms with van der Waals surface area (Å²) in [5, 5.41) is 2.04. The van der Waals surface area contributed by atoms with Gasteiger partial charge in [-0.1, -0.05) is 0 Å². The average Bonchev–Trinajstić information content (AvgIpc) is 2.38. The van der Waals surface area contributed by atoms with Crippen LogP contribution in [0, 0.1) is 0 Å². The minimum Gasteiger partial charge on any atom is -0.382 e. The van der Waals surface area contributed by atoms with Crippen molar-refractivity contribution in [2.75, 3.05) is 21.1 Å². The van der Waals surface area contributed by atoms with Crippen molar-refractivity contribution in [3.05, 3.63) is 23.2 Å². The monoisotopic (exact) mass is 221 g/mol. The molecule has 0 atom stereocenters. The molecule has 4 heteroatoms. The summed E-state index contributed by atoms with van der Waals surface area (Å²) in [5.41, 5.74) is 6.83. The molecule has 1 heterocycles. The quantitative estimate of drug-likeness (QED) is 0.722. The van der Waals surface area contributed by atoms with Crippen molar-refractivity contribution in [2.24, 2.45) is 0 Å². The van der Waals surface area contributed by atoms with E-state index in [-0.39, 0.29) is 0 Å². The van der Waals surface area contributed by atoms with Gasteiger partial charge in [0.2, 0.25) is 0 Å². The van der Waals surface area contributed by atoms with Gasteiger partial charge >= 0.3 is 0 Å². The molecule has 16 heavy (non-hydrogen) atoms. The van der Waals surface area contributed by atoms with Gasteiger partial charge < -0.3 is 4.90 Å². The number of ketones is 1. The molecular formula is C12H19N3O. The van der Waals surface area contributed by atoms with Crippen LogP contribution in [0.25, 0.3) is 0 Å². The predicted octanol–water partition coefficient (Wildman–Crippen LogP) is 1.24. The summed E-state index contributed by atoms with van der Waals surface area (Å²) in [6, 6.07) is 0. The molecule has 4 nitrogen and oxygen atoms in total. The fraction of sp³-hybridized carbons (Fsp3) is 0.583. The number of nitrogens with zero attached hydrogens (tertiary/aromatic N) is 2. The van der Waals surface area contributed by atoms with Crippen LogP contribution in [-0.2, 0) is 4.79 Å². The van der Waals surface area contributed by atoms with E-state index in [0.29, 0.717) is 12.2 Å². The number of carbonyl (C=O) groups is 1. The van der Waals surface area contributed by atoms with Gasteiger partial charge in [0, 0.05) is 51.5 Å². The molecular weight excluding hydrogens is 202 g/mol. The number of allylic oxidation sites excluding steroid dienone is 2. The lowest BCUT2D eigenvalue weighted by atomic mass is 10.1. The van der Waals surface area contributed by atoms with Crippen LogP contribution in [0.2, 0.25) is 0 Å². The topological polar surface area (TPSA) is 35.6 Å². The molecule has 1 N–H and O–H groups in total. The Labute approximate surface area is 96.6 Å². The van der Waals surface area contributed by atoms with Crippen LogP contribution in [0.1, 0.15) is 25.7 Å². The van der Waals surface area contributed by atoms with Gasteiger partial charge in [-0.05, 0) is 12.8 Å². The maximum Gasteiger partial charge on any atom is 0.137 e. The van der Waals surface area contributed by atoms with E-state index in [4.69, 9.17) is 0 Å². The minimum absolute atomic E-state index is 0.353. The van der Waals surface area contributed by atoms with E-state index >= 15 is 0 Å². The van der Waals surface area contributed by atoms with Gasteiger partial charge in [0.1, 0.15) is 5.78 Å². The predicted molar refractivity (Wildman–Crippen MR) is 63.2 cm³/mol. The largest absolute Gasteiger partial charge is 0.382 e. The maximum absolute atomic E-state index is 11.6. The highest BCUT2D eigenvalue weighted by atomic mass is 16.1. The Balaban J connectivity index is 2.32. The molecule has 0 fully saturated rings. The Morgan fingerprint density at radius 2 is 2.12 bits per heavy atom. The van der Waals surface area contributed by atoms with Crippen molar-refractivity contribution >= 4 is 5.78 Å². The number of hydrazine groups is 1. The van der Waals surface area contributed by atoms with E-state index in [1.807, 2.05) is 37.3 Å². The zero-order valence-corrected chi connectivity index (χ0v) is 10.2. The van der Waals surface area contributed by atoms with E-state index < -0.39 is 0 Å². The molecule has 0 saturated carbocycles. The second-order valence-electron chi connectivity index (χ2n) is 4.67. The van der Waals surface area contributed by atoms with Gasteiger partial charge in [-0.2, -0.15) is 0 Å². The van der Waals surface area contributed by atoms with Gasteiger partial charge in [-0.15, -0.1) is 0 Å². The Hall–Kier alpha value is -1.45. The first-order valence-corrected chi connectivity index (χ1v) is 5.70. The first kappa shape index (κ1) is 11.0. The molecule has 0 bridgehead atoms. The zero-order valence-electron chi connectivity index (χ0n) is 10.2. The fourth-order valence-electron chi connectivity index (χ4n) is 2.29. The van der Waals surface area contributed by atoms with Crippen LogP contribution >= 0.6 is 0 Å². The summed E-state index contributed by atoms with van der Waals surface area (Å²) in [6.45, 7) is 0. The highest BCUT2D eigenvalue weighted by Crippen LogP contribution is 2.32. The summed E-state index contributed by atoms with van der Waals surface area (Å²) in [4.78, 5) is 13.6. The Morgan fingerprint density at radius 1 is 1.38 bits per heavy atom. The van der Waals surface area contributed by atoms with Crippen LogP contribution < -0.4 is 5.43 Å². The third kappa shape index (κ3) is 2.05. The Morgan fingerprint density at radius 3 is 2.81 bits per heavy atom. The third-order valence-electron chi connectivity index (χ3n) is 3.00. The molecule has 2 aliphatic rings. The van der Waals surface area contributed by atoms with Crippen molar-refractivity contribution in [1.29, 1.82) is 0 Å². The van der Waals surface area contributed by atoms with Crippen LogP contribution in [0.3, 0.4) is 0 Å². The third-order valence-corrected chi connectivity index (χ3v) is 3.00. The van der Waals surface area contributed by atoms with Crippen LogP contribution in [0.5, 0.6) is 0 Å². The highest BCUT2D eigenvalue weighted by molar-refractivity contribution is 5.82. The number of carbonyl (C=O) groups excluding carboxylic acids is 1. The molecule has 0 radical (unpaired) electrons. The van der Waals surface area contributed by atoms with Gasteiger partial charge in [0.25, 0.3) is 0 Å². The van der Waals surface area contributed by atoms with Crippen molar-refractivity contribution in [3.63, 3.8) is 0 Å². The van der Waals surface area contributed by atoms with Crippen molar-refractivity contribution < 1.29 is 4.79 Å². The zero-order chi connectivity index (χ0) is 11.7. The van der Waals surface area contributed by atoms with E-state index in [1.165, 1.54) is 11.3 Å². The lowest BCUT2D eigenvalue weighted by Gasteiger charge is -2.17.